The maximum atomic E-state index is 10.7. The maximum absolute atomic E-state index is 10.7. The number of aliphatic hydroxyl groups is 1. The van der Waals surface area contributed by atoms with E-state index in [1.807, 2.05) is 52.0 Å². The van der Waals surface area contributed by atoms with Gasteiger partial charge >= 0.3 is 0 Å². The lowest BCUT2D eigenvalue weighted by molar-refractivity contribution is 0.163. The Kier molecular flexibility index (Phi) is 4.45. The lowest BCUT2D eigenvalue weighted by Crippen LogP contribution is -2.12. The molecule has 0 aliphatic carbocycles. The lowest BCUT2D eigenvalue weighted by Gasteiger charge is -2.22. The van der Waals surface area contributed by atoms with Crippen LogP contribution in [0.3, 0.4) is 0 Å². The molecule has 0 radical (unpaired) electrons. The first-order valence-corrected chi connectivity index (χ1v) is 7.16. The highest BCUT2D eigenvalue weighted by Crippen LogP contribution is 2.34. The molecule has 108 valence electrons. The van der Waals surface area contributed by atoms with Crippen LogP contribution in [0.1, 0.15) is 45.4 Å². The SMILES string of the molecule is Cc1ccc([C@H](C#N)[C@@H](O)c2c(C)cc(C)cc2C)cc1. The Balaban J connectivity index is 2.44. The minimum atomic E-state index is -0.807. The molecule has 21 heavy (non-hydrogen) atoms. The summed E-state index contributed by atoms with van der Waals surface area (Å²) >= 11 is 0. The molecule has 2 rings (SSSR count). The van der Waals surface area contributed by atoms with Gasteiger partial charge in [-0.2, -0.15) is 5.26 Å². The molecular weight excluding hydrogens is 258 g/mol. The Morgan fingerprint density at radius 2 is 1.43 bits per heavy atom. The molecule has 2 atom stereocenters. The van der Waals surface area contributed by atoms with Crippen LogP contribution in [-0.2, 0) is 0 Å². The first kappa shape index (κ1) is 15.3. The third kappa shape index (κ3) is 3.15. The van der Waals surface area contributed by atoms with Crippen molar-refractivity contribution in [2.45, 2.75) is 39.7 Å². The van der Waals surface area contributed by atoms with Crippen molar-refractivity contribution in [1.29, 1.82) is 5.26 Å². The molecule has 0 spiro atoms. The molecule has 0 amide bonds. The molecular formula is C19H21NO. The molecule has 0 aromatic heterocycles. The van der Waals surface area contributed by atoms with Gasteiger partial charge in [-0.25, -0.2) is 0 Å². The summed E-state index contributed by atoms with van der Waals surface area (Å²) in [5.74, 6) is -0.550. The van der Waals surface area contributed by atoms with Gasteiger partial charge < -0.3 is 5.11 Å². The molecule has 2 nitrogen and oxygen atoms in total. The zero-order valence-electron chi connectivity index (χ0n) is 13.0. The zero-order chi connectivity index (χ0) is 15.6. The van der Waals surface area contributed by atoms with Crippen molar-refractivity contribution in [2.24, 2.45) is 0 Å². The molecule has 2 aromatic rings. The van der Waals surface area contributed by atoms with Crippen LogP contribution in [0.2, 0.25) is 0 Å². The summed E-state index contributed by atoms with van der Waals surface area (Å²) in [6.45, 7) is 8.03. The zero-order valence-corrected chi connectivity index (χ0v) is 13.0. The van der Waals surface area contributed by atoms with E-state index < -0.39 is 12.0 Å². The standard InChI is InChI=1S/C19H21NO/c1-12-5-7-16(8-6-12)17(11-20)19(21)18-14(3)9-13(2)10-15(18)4/h5-10,17,19,21H,1-4H3/t17-,19+/m0/s1. The van der Waals surface area contributed by atoms with E-state index in [1.165, 1.54) is 5.56 Å². The lowest BCUT2D eigenvalue weighted by atomic mass is 9.85. The largest absolute Gasteiger partial charge is 0.387 e. The van der Waals surface area contributed by atoms with Crippen molar-refractivity contribution in [3.63, 3.8) is 0 Å². The summed E-state index contributed by atoms with van der Waals surface area (Å²) in [7, 11) is 0. The van der Waals surface area contributed by atoms with Gasteiger partial charge in [0, 0.05) is 0 Å². The second-order valence-corrected chi connectivity index (χ2v) is 5.77. The molecule has 0 aliphatic heterocycles. The number of rotatable bonds is 3. The third-order valence-electron chi connectivity index (χ3n) is 3.93. The van der Waals surface area contributed by atoms with Crippen LogP contribution in [0.15, 0.2) is 36.4 Å². The maximum Gasteiger partial charge on any atom is 0.101 e. The number of benzene rings is 2. The van der Waals surface area contributed by atoms with Gasteiger partial charge in [0.15, 0.2) is 0 Å². The monoisotopic (exact) mass is 279 g/mol. The molecule has 2 heteroatoms. The quantitative estimate of drug-likeness (QED) is 0.912. The minimum absolute atomic E-state index is 0.550. The van der Waals surface area contributed by atoms with E-state index in [0.717, 1.165) is 27.8 Å². The predicted octanol–water partition coefficient (Wildman–Crippen LogP) is 4.26. The van der Waals surface area contributed by atoms with Gasteiger partial charge in [0.25, 0.3) is 0 Å². The van der Waals surface area contributed by atoms with Crippen LogP contribution >= 0.6 is 0 Å². The number of hydrogen-bond donors (Lipinski definition) is 1. The Morgan fingerprint density at radius 3 is 1.90 bits per heavy atom. The van der Waals surface area contributed by atoms with Gasteiger partial charge in [0.1, 0.15) is 5.92 Å². The van der Waals surface area contributed by atoms with Crippen LogP contribution in [0, 0.1) is 39.0 Å². The van der Waals surface area contributed by atoms with Crippen molar-refractivity contribution in [3.8, 4) is 6.07 Å². The van der Waals surface area contributed by atoms with E-state index in [0.29, 0.717) is 0 Å². The Morgan fingerprint density at radius 1 is 0.905 bits per heavy atom. The van der Waals surface area contributed by atoms with Crippen LogP contribution in [0.25, 0.3) is 0 Å². The van der Waals surface area contributed by atoms with Crippen LogP contribution in [0.4, 0.5) is 0 Å². The van der Waals surface area contributed by atoms with Crippen molar-refractivity contribution in [2.75, 3.05) is 0 Å². The highest BCUT2D eigenvalue weighted by molar-refractivity contribution is 5.42. The smallest absolute Gasteiger partial charge is 0.101 e. The average molecular weight is 279 g/mol. The van der Waals surface area contributed by atoms with Gasteiger partial charge in [-0.3, -0.25) is 0 Å². The first-order valence-electron chi connectivity index (χ1n) is 7.16. The molecule has 2 aromatic carbocycles. The molecule has 0 aliphatic rings. The highest BCUT2D eigenvalue weighted by atomic mass is 16.3. The van der Waals surface area contributed by atoms with E-state index in [2.05, 4.69) is 18.2 Å². The van der Waals surface area contributed by atoms with Crippen molar-refractivity contribution in [1.82, 2.24) is 0 Å². The minimum Gasteiger partial charge on any atom is -0.387 e. The third-order valence-corrected chi connectivity index (χ3v) is 3.93. The predicted molar refractivity (Wildman–Crippen MR) is 85.1 cm³/mol. The van der Waals surface area contributed by atoms with Crippen LogP contribution < -0.4 is 0 Å². The van der Waals surface area contributed by atoms with E-state index >= 15 is 0 Å². The first-order chi connectivity index (χ1) is 9.93. The summed E-state index contributed by atoms with van der Waals surface area (Å²) in [6.07, 6.45) is -0.807. The fraction of sp³-hybridized carbons (Fsp3) is 0.316. The summed E-state index contributed by atoms with van der Waals surface area (Å²) in [6, 6.07) is 14.1. The Labute approximate surface area is 126 Å². The van der Waals surface area contributed by atoms with Gasteiger partial charge in [-0.1, -0.05) is 47.5 Å². The summed E-state index contributed by atoms with van der Waals surface area (Å²) < 4.78 is 0. The molecule has 1 N–H and O–H groups in total. The molecule has 0 saturated carbocycles. The average Bonchev–Trinajstić information content (AvgIpc) is 2.40. The Hall–Kier alpha value is -2.11. The van der Waals surface area contributed by atoms with Crippen molar-refractivity contribution < 1.29 is 5.11 Å². The molecule has 0 bridgehead atoms. The fourth-order valence-corrected chi connectivity index (χ4v) is 2.93. The second kappa shape index (κ2) is 6.11. The summed E-state index contributed by atoms with van der Waals surface area (Å²) in [5.41, 5.74) is 6.11. The highest BCUT2D eigenvalue weighted by Gasteiger charge is 2.25. The number of nitrogens with zero attached hydrogens (tertiary/aromatic N) is 1. The van der Waals surface area contributed by atoms with Crippen molar-refractivity contribution >= 4 is 0 Å². The van der Waals surface area contributed by atoms with E-state index in [9.17, 15) is 10.4 Å². The number of nitriles is 1. The van der Waals surface area contributed by atoms with Crippen molar-refractivity contribution in [3.05, 3.63) is 69.8 Å². The topological polar surface area (TPSA) is 44.0 Å². The molecule has 0 fully saturated rings. The van der Waals surface area contributed by atoms with E-state index in [4.69, 9.17) is 0 Å². The fourth-order valence-electron chi connectivity index (χ4n) is 2.93. The number of hydrogen-bond acceptors (Lipinski definition) is 2. The summed E-state index contributed by atoms with van der Waals surface area (Å²) in [4.78, 5) is 0. The van der Waals surface area contributed by atoms with Gasteiger partial charge in [-0.15, -0.1) is 0 Å². The second-order valence-electron chi connectivity index (χ2n) is 5.77. The van der Waals surface area contributed by atoms with E-state index in [1.54, 1.807) is 0 Å². The van der Waals surface area contributed by atoms with Gasteiger partial charge in [0.2, 0.25) is 0 Å². The molecule has 0 saturated heterocycles. The van der Waals surface area contributed by atoms with Gasteiger partial charge in [0.05, 0.1) is 12.2 Å². The van der Waals surface area contributed by atoms with Crippen LogP contribution in [0.5, 0.6) is 0 Å². The molecule has 0 unspecified atom stereocenters. The normalized spacial score (nSPS) is 13.5. The van der Waals surface area contributed by atoms with E-state index in [-0.39, 0.29) is 0 Å². The number of aliphatic hydroxyl groups excluding tert-OH is 1. The Bertz CT molecular complexity index is 657. The summed E-state index contributed by atoms with van der Waals surface area (Å²) in [5, 5.41) is 20.2. The van der Waals surface area contributed by atoms with Gasteiger partial charge in [-0.05, 0) is 49.9 Å². The van der Waals surface area contributed by atoms with Crippen LogP contribution in [-0.4, -0.2) is 5.11 Å². The number of aryl methyl sites for hydroxylation is 4. The molecule has 0 heterocycles.